The zero-order valence-corrected chi connectivity index (χ0v) is 18.4. The number of rotatable bonds is 6. The van der Waals surface area contributed by atoms with Crippen molar-refractivity contribution in [1.82, 2.24) is 15.1 Å². The standard InChI is InChI=1S/C24H30N4O3/c1-17-8-7-9-18(2)22(17)26-21(29)16-25-23(30)19(3)27-12-14-28(15-13-27)24(31)20-10-5-4-6-11-20/h4-11,19H,12-16H2,1-3H3,(H,25,30)(H,26,29). The normalized spacial score (nSPS) is 15.3. The van der Waals surface area contributed by atoms with Gasteiger partial charge in [-0.2, -0.15) is 0 Å². The Hall–Kier alpha value is -3.19. The SMILES string of the molecule is Cc1cccc(C)c1NC(=O)CNC(=O)C(C)N1CCN(C(=O)c2ccccc2)CC1. The molecular weight excluding hydrogens is 392 g/mol. The lowest BCUT2D eigenvalue weighted by atomic mass is 10.1. The van der Waals surface area contributed by atoms with Crippen LogP contribution in [-0.2, 0) is 9.59 Å². The summed E-state index contributed by atoms with van der Waals surface area (Å²) >= 11 is 0. The van der Waals surface area contributed by atoms with Gasteiger partial charge in [-0.15, -0.1) is 0 Å². The molecule has 7 heteroatoms. The molecule has 0 spiro atoms. The van der Waals surface area contributed by atoms with Gasteiger partial charge >= 0.3 is 0 Å². The van der Waals surface area contributed by atoms with Crippen LogP contribution < -0.4 is 10.6 Å². The van der Waals surface area contributed by atoms with Gasteiger partial charge in [0, 0.05) is 37.4 Å². The lowest BCUT2D eigenvalue weighted by Crippen LogP contribution is -2.55. The predicted octanol–water partition coefficient (Wildman–Crippen LogP) is 2.20. The molecule has 0 saturated carbocycles. The molecule has 0 aliphatic carbocycles. The molecule has 7 nitrogen and oxygen atoms in total. The van der Waals surface area contributed by atoms with Gasteiger partial charge in [0.15, 0.2) is 0 Å². The first-order valence-corrected chi connectivity index (χ1v) is 10.6. The Morgan fingerprint density at radius 3 is 2.13 bits per heavy atom. The van der Waals surface area contributed by atoms with Gasteiger partial charge in [-0.3, -0.25) is 19.3 Å². The van der Waals surface area contributed by atoms with Gasteiger partial charge in [0.2, 0.25) is 11.8 Å². The molecule has 3 rings (SSSR count). The van der Waals surface area contributed by atoms with Gasteiger partial charge in [0.05, 0.1) is 12.6 Å². The monoisotopic (exact) mass is 422 g/mol. The van der Waals surface area contributed by atoms with Crippen LogP contribution >= 0.6 is 0 Å². The lowest BCUT2D eigenvalue weighted by Gasteiger charge is -2.37. The Morgan fingerprint density at radius 2 is 1.52 bits per heavy atom. The minimum atomic E-state index is -0.373. The van der Waals surface area contributed by atoms with E-state index < -0.39 is 0 Å². The minimum absolute atomic E-state index is 0.0144. The van der Waals surface area contributed by atoms with E-state index in [-0.39, 0.29) is 30.3 Å². The number of amides is 3. The molecule has 2 N–H and O–H groups in total. The fourth-order valence-electron chi connectivity index (χ4n) is 3.75. The second-order valence-electron chi connectivity index (χ2n) is 7.90. The summed E-state index contributed by atoms with van der Waals surface area (Å²) in [7, 11) is 0. The summed E-state index contributed by atoms with van der Waals surface area (Å²) in [5.74, 6) is -0.434. The molecule has 0 aromatic heterocycles. The Balaban J connectivity index is 1.45. The molecule has 1 atom stereocenters. The van der Waals surface area contributed by atoms with Crippen LogP contribution in [0.2, 0.25) is 0 Å². The molecule has 1 aliphatic heterocycles. The molecule has 164 valence electrons. The molecule has 1 fully saturated rings. The second-order valence-corrected chi connectivity index (χ2v) is 7.90. The number of carbonyl (C=O) groups excluding carboxylic acids is 3. The van der Waals surface area contributed by atoms with E-state index >= 15 is 0 Å². The van der Waals surface area contributed by atoms with Gasteiger partial charge in [0.1, 0.15) is 0 Å². The van der Waals surface area contributed by atoms with E-state index in [9.17, 15) is 14.4 Å². The Morgan fingerprint density at radius 1 is 0.903 bits per heavy atom. The van der Waals surface area contributed by atoms with E-state index in [2.05, 4.69) is 10.6 Å². The van der Waals surface area contributed by atoms with Crippen LogP contribution in [0, 0.1) is 13.8 Å². The number of aryl methyl sites for hydroxylation is 2. The zero-order chi connectivity index (χ0) is 22.4. The van der Waals surface area contributed by atoms with E-state index in [0.29, 0.717) is 31.7 Å². The number of nitrogens with zero attached hydrogens (tertiary/aromatic N) is 2. The number of hydrogen-bond acceptors (Lipinski definition) is 4. The van der Waals surface area contributed by atoms with E-state index in [1.165, 1.54) is 0 Å². The molecular formula is C24H30N4O3. The number of para-hydroxylation sites is 1. The number of piperazine rings is 1. The topological polar surface area (TPSA) is 81.8 Å². The van der Waals surface area contributed by atoms with Crippen molar-refractivity contribution < 1.29 is 14.4 Å². The van der Waals surface area contributed by atoms with E-state index in [0.717, 1.165) is 16.8 Å². The van der Waals surface area contributed by atoms with Gasteiger partial charge in [-0.05, 0) is 44.0 Å². The Labute approximate surface area is 183 Å². The van der Waals surface area contributed by atoms with Crippen LogP contribution in [0.25, 0.3) is 0 Å². The second kappa shape index (κ2) is 10.2. The van der Waals surface area contributed by atoms with Gasteiger partial charge in [-0.1, -0.05) is 36.4 Å². The van der Waals surface area contributed by atoms with Crippen molar-refractivity contribution >= 4 is 23.4 Å². The fraction of sp³-hybridized carbons (Fsp3) is 0.375. The van der Waals surface area contributed by atoms with Gasteiger partial charge in [-0.25, -0.2) is 0 Å². The van der Waals surface area contributed by atoms with Crippen LogP contribution in [0.5, 0.6) is 0 Å². The van der Waals surface area contributed by atoms with Crippen LogP contribution in [0.4, 0.5) is 5.69 Å². The molecule has 2 aromatic rings. The molecule has 1 aliphatic rings. The highest BCUT2D eigenvalue weighted by atomic mass is 16.2. The summed E-state index contributed by atoms with van der Waals surface area (Å²) < 4.78 is 0. The predicted molar refractivity (Wildman–Crippen MR) is 121 cm³/mol. The number of hydrogen-bond donors (Lipinski definition) is 2. The maximum Gasteiger partial charge on any atom is 0.253 e. The van der Waals surface area contributed by atoms with Gasteiger partial charge in [0.25, 0.3) is 5.91 Å². The number of anilines is 1. The average molecular weight is 423 g/mol. The van der Waals surface area contributed by atoms with Crippen LogP contribution in [0.15, 0.2) is 48.5 Å². The number of benzene rings is 2. The van der Waals surface area contributed by atoms with Crippen molar-refractivity contribution in [3.63, 3.8) is 0 Å². The van der Waals surface area contributed by atoms with E-state index in [1.807, 2.05) is 79.1 Å². The summed E-state index contributed by atoms with van der Waals surface area (Å²) in [6, 6.07) is 14.7. The number of nitrogens with one attached hydrogen (secondary N) is 2. The third kappa shape index (κ3) is 5.70. The first-order chi connectivity index (χ1) is 14.9. The van der Waals surface area contributed by atoms with Crippen molar-refractivity contribution in [2.45, 2.75) is 26.8 Å². The van der Waals surface area contributed by atoms with Gasteiger partial charge < -0.3 is 15.5 Å². The first kappa shape index (κ1) is 22.5. The lowest BCUT2D eigenvalue weighted by molar-refractivity contribution is -0.128. The van der Waals surface area contributed by atoms with Crippen molar-refractivity contribution in [3.05, 3.63) is 65.2 Å². The van der Waals surface area contributed by atoms with E-state index in [4.69, 9.17) is 0 Å². The van der Waals surface area contributed by atoms with Crippen molar-refractivity contribution in [3.8, 4) is 0 Å². The molecule has 31 heavy (non-hydrogen) atoms. The van der Waals surface area contributed by atoms with Crippen LogP contribution in [0.3, 0.4) is 0 Å². The smallest absolute Gasteiger partial charge is 0.253 e. The van der Waals surface area contributed by atoms with Crippen molar-refractivity contribution in [2.75, 3.05) is 38.0 Å². The average Bonchev–Trinajstić information content (AvgIpc) is 2.79. The summed E-state index contributed by atoms with van der Waals surface area (Å²) in [6.07, 6.45) is 0. The summed E-state index contributed by atoms with van der Waals surface area (Å²) in [5, 5.41) is 5.60. The molecule has 1 saturated heterocycles. The highest BCUT2D eigenvalue weighted by Crippen LogP contribution is 2.19. The van der Waals surface area contributed by atoms with Crippen LogP contribution in [-0.4, -0.2) is 66.3 Å². The molecule has 1 unspecified atom stereocenters. The molecule has 3 amide bonds. The zero-order valence-electron chi connectivity index (χ0n) is 18.4. The molecule has 2 aromatic carbocycles. The van der Waals surface area contributed by atoms with Crippen molar-refractivity contribution in [2.24, 2.45) is 0 Å². The number of carbonyl (C=O) groups is 3. The molecule has 0 radical (unpaired) electrons. The van der Waals surface area contributed by atoms with E-state index in [1.54, 1.807) is 0 Å². The third-order valence-corrected chi connectivity index (χ3v) is 5.72. The minimum Gasteiger partial charge on any atom is -0.346 e. The summed E-state index contributed by atoms with van der Waals surface area (Å²) in [6.45, 7) is 7.98. The maximum atomic E-state index is 12.6. The first-order valence-electron chi connectivity index (χ1n) is 10.6. The highest BCUT2D eigenvalue weighted by Gasteiger charge is 2.28. The summed E-state index contributed by atoms with van der Waals surface area (Å²) in [4.78, 5) is 41.3. The third-order valence-electron chi connectivity index (χ3n) is 5.72. The Bertz CT molecular complexity index is 917. The summed E-state index contributed by atoms with van der Waals surface area (Å²) in [5.41, 5.74) is 3.43. The molecule has 1 heterocycles. The highest BCUT2D eigenvalue weighted by molar-refractivity contribution is 5.96. The Kier molecular flexibility index (Phi) is 7.41. The largest absolute Gasteiger partial charge is 0.346 e. The van der Waals surface area contributed by atoms with Crippen molar-refractivity contribution in [1.29, 1.82) is 0 Å². The van der Waals surface area contributed by atoms with Crippen LogP contribution in [0.1, 0.15) is 28.4 Å². The maximum absolute atomic E-state index is 12.6. The quantitative estimate of drug-likeness (QED) is 0.748. The fourth-order valence-corrected chi connectivity index (χ4v) is 3.75. The molecule has 0 bridgehead atoms.